The lowest BCUT2D eigenvalue weighted by atomic mass is 9.99. The number of aliphatic hydroxyl groups is 1. The van der Waals surface area contributed by atoms with Crippen LogP contribution >= 0.6 is 11.3 Å². The second-order valence-electron chi connectivity index (χ2n) is 7.46. The van der Waals surface area contributed by atoms with E-state index in [0.717, 1.165) is 32.5 Å². The summed E-state index contributed by atoms with van der Waals surface area (Å²) in [6, 6.07) is 3.06. The van der Waals surface area contributed by atoms with Crippen LogP contribution in [0.25, 0.3) is 0 Å². The molecule has 0 unspecified atom stereocenters. The lowest BCUT2D eigenvalue weighted by molar-refractivity contribution is 0.0244. The van der Waals surface area contributed by atoms with Crippen molar-refractivity contribution in [2.24, 2.45) is 0 Å². The van der Waals surface area contributed by atoms with Gasteiger partial charge in [-0.1, -0.05) is 0 Å². The van der Waals surface area contributed by atoms with Crippen LogP contribution in [0.3, 0.4) is 0 Å². The van der Waals surface area contributed by atoms with Crippen molar-refractivity contribution in [3.05, 3.63) is 21.9 Å². The Balaban J connectivity index is 1.44. The van der Waals surface area contributed by atoms with Crippen LogP contribution in [0.2, 0.25) is 0 Å². The van der Waals surface area contributed by atoms with Crippen LogP contribution < -0.4 is 0 Å². The quantitative estimate of drug-likeness (QED) is 0.892. The average molecular weight is 338 g/mol. The van der Waals surface area contributed by atoms with Gasteiger partial charge < -0.3 is 10.0 Å². The van der Waals surface area contributed by atoms with E-state index in [2.05, 4.69) is 40.2 Å². The van der Waals surface area contributed by atoms with E-state index in [1.165, 1.54) is 42.9 Å². The second-order valence-corrected chi connectivity index (χ2v) is 8.45. The molecule has 0 aromatic carbocycles. The van der Waals surface area contributed by atoms with Crippen LogP contribution in [0, 0.1) is 0 Å². The fourth-order valence-electron chi connectivity index (χ4n) is 3.94. The van der Waals surface area contributed by atoms with Gasteiger partial charge in [-0.2, -0.15) is 0 Å². The van der Waals surface area contributed by atoms with Gasteiger partial charge in [0.15, 0.2) is 0 Å². The molecule has 1 aromatic rings. The van der Waals surface area contributed by atoms with E-state index in [4.69, 9.17) is 0 Å². The molecule has 0 bridgehead atoms. The lowest BCUT2D eigenvalue weighted by Gasteiger charge is -2.41. The number of thiophene rings is 1. The number of nitrogens with zero attached hydrogens (tertiary/aromatic N) is 3. The topological polar surface area (TPSA) is 30.0 Å². The molecule has 0 spiro atoms. The zero-order chi connectivity index (χ0) is 16.2. The van der Waals surface area contributed by atoms with Crippen molar-refractivity contribution in [2.45, 2.75) is 50.9 Å². The van der Waals surface area contributed by atoms with Gasteiger partial charge in [0.25, 0.3) is 0 Å². The number of hydrogen-bond donors (Lipinski definition) is 1. The number of β-amino-alcohol motifs (C(OH)–C–C–N with tert-alkyl or cyclic N) is 1. The highest BCUT2D eigenvalue weighted by Gasteiger charge is 2.28. The number of piperidine rings is 2. The van der Waals surface area contributed by atoms with Gasteiger partial charge in [-0.05, 0) is 63.3 Å². The molecule has 2 aliphatic heterocycles. The van der Waals surface area contributed by atoms with E-state index in [1.807, 2.05) is 11.3 Å². The first-order chi connectivity index (χ1) is 11.1. The minimum atomic E-state index is -0.0944. The van der Waals surface area contributed by atoms with Gasteiger partial charge in [0.05, 0.1) is 6.10 Å². The number of aliphatic hydroxyl groups excluding tert-OH is 1. The molecule has 1 aromatic heterocycles. The molecule has 0 saturated carbocycles. The molecule has 2 fully saturated rings. The summed E-state index contributed by atoms with van der Waals surface area (Å²) < 4.78 is 0. The first-order valence-corrected chi connectivity index (χ1v) is 9.83. The van der Waals surface area contributed by atoms with Crippen LogP contribution in [0.15, 0.2) is 11.4 Å². The normalized spacial score (nSPS) is 25.3. The van der Waals surface area contributed by atoms with Gasteiger partial charge in [-0.25, -0.2) is 0 Å². The predicted octanol–water partition coefficient (Wildman–Crippen LogP) is 2.23. The zero-order valence-corrected chi connectivity index (χ0v) is 15.4. The van der Waals surface area contributed by atoms with E-state index in [-0.39, 0.29) is 6.10 Å². The molecular formula is C18H31N3OS. The Labute approximate surface area is 144 Å². The maximum atomic E-state index is 9.87. The minimum absolute atomic E-state index is 0.0944. The highest BCUT2D eigenvalue weighted by molar-refractivity contribution is 7.10. The Hall–Kier alpha value is -0.460. The minimum Gasteiger partial charge on any atom is -0.392 e. The molecule has 130 valence electrons. The summed E-state index contributed by atoms with van der Waals surface area (Å²) in [6.07, 6.45) is 4.56. The summed E-state index contributed by atoms with van der Waals surface area (Å²) in [6.45, 7) is 6.60. The van der Waals surface area contributed by atoms with Gasteiger partial charge in [-0.3, -0.25) is 9.80 Å². The van der Waals surface area contributed by atoms with E-state index < -0.39 is 0 Å². The van der Waals surface area contributed by atoms with Crippen molar-refractivity contribution < 1.29 is 5.11 Å². The second kappa shape index (κ2) is 8.08. The van der Waals surface area contributed by atoms with Crippen molar-refractivity contribution in [3.8, 4) is 0 Å². The molecule has 0 aliphatic carbocycles. The Morgan fingerprint density at radius 3 is 2.70 bits per heavy atom. The molecule has 0 amide bonds. The maximum Gasteiger partial charge on any atom is 0.0667 e. The smallest absolute Gasteiger partial charge is 0.0667 e. The monoisotopic (exact) mass is 337 g/mol. The largest absolute Gasteiger partial charge is 0.392 e. The third kappa shape index (κ3) is 5.00. The third-order valence-electron chi connectivity index (χ3n) is 5.09. The molecule has 3 heterocycles. The summed E-state index contributed by atoms with van der Waals surface area (Å²) in [4.78, 5) is 8.85. The molecular weight excluding hydrogens is 306 g/mol. The number of hydrogen-bond acceptors (Lipinski definition) is 5. The molecule has 23 heavy (non-hydrogen) atoms. The number of likely N-dealkylation sites (tertiary alicyclic amines) is 2. The fraction of sp³-hybridized carbons (Fsp3) is 0.778. The Morgan fingerprint density at radius 1 is 1.22 bits per heavy atom. The molecule has 0 radical (unpaired) electrons. The van der Waals surface area contributed by atoms with Crippen LogP contribution in [0.4, 0.5) is 0 Å². The SMILES string of the molecule is CN(C)Cc1csc(CN2CCC(N3CCC[C@@H](O)C3)CC2)c1. The Bertz CT molecular complexity index is 482. The molecule has 4 nitrogen and oxygen atoms in total. The molecule has 1 N–H and O–H groups in total. The van der Waals surface area contributed by atoms with Crippen LogP contribution in [-0.2, 0) is 13.1 Å². The third-order valence-corrected chi connectivity index (χ3v) is 6.06. The van der Waals surface area contributed by atoms with Crippen LogP contribution in [0.5, 0.6) is 0 Å². The Kier molecular flexibility index (Phi) is 6.10. The van der Waals surface area contributed by atoms with E-state index in [9.17, 15) is 5.11 Å². The standard InChI is InChI=1S/C18H31N3OS/c1-19(2)11-15-10-18(23-14-15)13-20-8-5-16(6-9-20)21-7-3-4-17(22)12-21/h10,14,16-17,22H,3-9,11-13H2,1-2H3/t17-/m1/s1. The van der Waals surface area contributed by atoms with E-state index in [1.54, 1.807) is 0 Å². The van der Waals surface area contributed by atoms with Crippen molar-refractivity contribution in [1.29, 1.82) is 0 Å². The van der Waals surface area contributed by atoms with Gasteiger partial charge in [0.2, 0.25) is 0 Å². The molecule has 3 rings (SSSR count). The lowest BCUT2D eigenvalue weighted by Crippen LogP contribution is -2.49. The maximum absolute atomic E-state index is 9.87. The van der Waals surface area contributed by atoms with Gasteiger partial charge >= 0.3 is 0 Å². The fourth-order valence-corrected chi connectivity index (χ4v) is 4.86. The first kappa shape index (κ1) is 17.4. The summed E-state index contributed by atoms with van der Waals surface area (Å²) in [5.74, 6) is 0. The average Bonchev–Trinajstić information content (AvgIpc) is 2.94. The molecule has 5 heteroatoms. The van der Waals surface area contributed by atoms with Crippen molar-refractivity contribution in [3.63, 3.8) is 0 Å². The highest BCUT2D eigenvalue weighted by atomic mass is 32.1. The zero-order valence-electron chi connectivity index (χ0n) is 14.6. The van der Waals surface area contributed by atoms with Gasteiger partial charge in [-0.15, -0.1) is 11.3 Å². The number of rotatable bonds is 5. The molecule has 2 saturated heterocycles. The Morgan fingerprint density at radius 2 is 2.00 bits per heavy atom. The van der Waals surface area contributed by atoms with Crippen molar-refractivity contribution in [2.75, 3.05) is 40.3 Å². The van der Waals surface area contributed by atoms with Crippen LogP contribution in [-0.4, -0.2) is 72.2 Å². The van der Waals surface area contributed by atoms with Crippen LogP contribution in [0.1, 0.15) is 36.1 Å². The summed E-state index contributed by atoms with van der Waals surface area (Å²) in [5.41, 5.74) is 1.44. The highest BCUT2D eigenvalue weighted by Crippen LogP contribution is 2.24. The first-order valence-electron chi connectivity index (χ1n) is 8.95. The summed E-state index contributed by atoms with van der Waals surface area (Å²) >= 11 is 1.90. The summed E-state index contributed by atoms with van der Waals surface area (Å²) in [5, 5.41) is 12.2. The van der Waals surface area contributed by atoms with Crippen molar-refractivity contribution in [1.82, 2.24) is 14.7 Å². The van der Waals surface area contributed by atoms with E-state index in [0.29, 0.717) is 6.04 Å². The molecule has 1 atom stereocenters. The van der Waals surface area contributed by atoms with Gasteiger partial charge in [0, 0.05) is 43.6 Å². The summed E-state index contributed by atoms with van der Waals surface area (Å²) in [7, 11) is 4.25. The predicted molar refractivity (Wildman–Crippen MR) is 96.8 cm³/mol. The van der Waals surface area contributed by atoms with Gasteiger partial charge in [0.1, 0.15) is 0 Å². The van der Waals surface area contributed by atoms with E-state index >= 15 is 0 Å². The molecule has 2 aliphatic rings. The van der Waals surface area contributed by atoms with Crippen molar-refractivity contribution >= 4 is 11.3 Å².